The van der Waals surface area contributed by atoms with Crippen molar-refractivity contribution in [2.45, 2.75) is 77.0 Å². The summed E-state index contributed by atoms with van der Waals surface area (Å²) < 4.78 is 36.2. The number of carbonyl (C=O) groups excluding carboxylic acids is 6. The van der Waals surface area contributed by atoms with E-state index < -0.39 is 91.3 Å². The van der Waals surface area contributed by atoms with Gasteiger partial charge in [0.2, 0.25) is 5.91 Å². The van der Waals surface area contributed by atoms with Crippen LogP contribution in [0.2, 0.25) is 0 Å². The highest BCUT2D eigenvalue weighted by molar-refractivity contribution is 5.79. The molecule has 1 amide bonds. The molecule has 1 rings (SSSR count). The van der Waals surface area contributed by atoms with Gasteiger partial charge in [0, 0.05) is 34.6 Å². The van der Waals surface area contributed by atoms with E-state index in [9.17, 15) is 33.9 Å². The molecule has 0 bridgehead atoms. The highest BCUT2D eigenvalue weighted by Crippen LogP contribution is 2.36. The number of nitriles is 1. The van der Waals surface area contributed by atoms with Gasteiger partial charge >= 0.3 is 29.8 Å². The molecule has 16 heteroatoms. The predicted octanol–water partition coefficient (Wildman–Crippen LogP) is -1.98. The average molecular weight is 546 g/mol. The highest BCUT2D eigenvalue weighted by atomic mass is 16.7. The summed E-state index contributed by atoms with van der Waals surface area (Å²) in [7, 11) is 0.882. The van der Waals surface area contributed by atoms with Crippen molar-refractivity contribution in [3.05, 3.63) is 0 Å². The minimum absolute atomic E-state index is 0.692. The number of hydrogen-bond acceptors (Lipinski definition) is 15. The molecule has 0 saturated carbocycles. The van der Waals surface area contributed by atoms with E-state index in [0.29, 0.717) is 0 Å². The van der Waals surface area contributed by atoms with Crippen molar-refractivity contribution >= 4 is 35.8 Å². The maximum absolute atomic E-state index is 12.7. The van der Waals surface area contributed by atoms with E-state index >= 15 is 0 Å². The van der Waals surface area contributed by atoms with Gasteiger partial charge in [0.15, 0.2) is 24.4 Å². The molecule has 0 aromatic carbocycles. The molecule has 1 aliphatic rings. The Morgan fingerprint density at radius 1 is 1.00 bits per heavy atom. The second-order valence-corrected chi connectivity index (χ2v) is 7.99. The van der Waals surface area contributed by atoms with E-state index in [2.05, 4.69) is 10.1 Å². The van der Waals surface area contributed by atoms with Crippen molar-refractivity contribution in [2.75, 3.05) is 20.3 Å². The van der Waals surface area contributed by atoms with Gasteiger partial charge in [-0.2, -0.15) is 5.26 Å². The maximum atomic E-state index is 12.7. The SMILES string of the molecule is COC(=O)[C@]1(O)O[C@@H]([C@H](OC(C)=O)[C@@H](COC(C)=O)OC(C)=O)[C@H](NC(C)=O)[C@@H](OC(C)=O)[C@@H]1OCC#N. The van der Waals surface area contributed by atoms with Crippen molar-refractivity contribution in [3.63, 3.8) is 0 Å². The second kappa shape index (κ2) is 14.2. The van der Waals surface area contributed by atoms with Gasteiger partial charge in [0.25, 0.3) is 5.79 Å². The standard InChI is InChI=1S/C22H30N2O14/c1-10(25)24-16-18(17(36-13(4)28)15(35-12(3)27)9-34-11(2)26)38-22(31,21(30)32-6)20(33-8-7-23)19(16)37-14(5)29/h15-20,31H,8-9H2,1-6H3,(H,24,25)/t15-,16+,17-,18-,19-,20+,22-/m1/s1. The lowest BCUT2D eigenvalue weighted by atomic mass is 9.86. The lowest BCUT2D eigenvalue weighted by Crippen LogP contribution is -2.75. The van der Waals surface area contributed by atoms with Gasteiger partial charge in [-0.25, -0.2) is 4.79 Å². The van der Waals surface area contributed by atoms with Gasteiger partial charge in [-0.15, -0.1) is 0 Å². The molecule has 1 heterocycles. The molecule has 38 heavy (non-hydrogen) atoms. The Hall–Kier alpha value is -3.81. The summed E-state index contributed by atoms with van der Waals surface area (Å²) in [6, 6.07) is 0.0573. The van der Waals surface area contributed by atoms with Crippen LogP contribution in [-0.4, -0.2) is 104 Å². The molecule has 7 atom stereocenters. The molecule has 0 aliphatic carbocycles. The van der Waals surface area contributed by atoms with Crippen molar-refractivity contribution in [2.24, 2.45) is 0 Å². The zero-order valence-corrected chi connectivity index (χ0v) is 21.6. The topological polar surface area (TPSA) is 223 Å². The van der Waals surface area contributed by atoms with Crippen molar-refractivity contribution in [1.29, 1.82) is 5.26 Å². The Balaban J connectivity index is 3.87. The van der Waals surface area contributed by atoms with Crippen LogP contribution >= 0.6 is 0 Å². The molecule has 1 aliphatic heterocycles. The van der Waals surface area contributed by atoms with Gasteiger partial charge in [-0.05, 0) is 0 Å². The zero-order chi connectivity index (χ0) is 29.2. The number of esters is 5. The molecular weight excluding hydrogens is 516 g/mol. The Bertz CT molecular complexity index is 962. The average Bonchev–Trinajstić information content (AvgIpc) is 2.80. The third-order valence-electron chi connectivity index (χ3n) is 4.95. The van der Waals surface area contributed by atoms with Gasteiger partial charge in [0.05, 0.1) is 19.2 Å². The van der Waals surface area contributed by atoms with Gasteiger partial charge in [-0.1, -0.05) is 0 Å². The first-order chi connectivity index (χ1) is 17.7. The van der Waals surface area contributed by atoms with Crippen molar-refractivity contribution < 1.29 is 67.0 Å². The highest BCUT2D eigenvalue weighted by Gasteiger charge is 2.64. The maximum Gasteiger partial charge on any atom is 0.369 e. The fourth-order valence-electron chi connectivity index (χ4n) is 3.74. The number of methoxy groups -OCH3 is 1. The fraction of sp³-hybridized carbons (Fsp3) is 0.682. The molecule has 16 nitrogen and oxygen atoms in total. The quantitative estimate of drug-likeness (QED) is 0.211. The first kappa shape index (κ1) is 32.2. The van der Waals surface area contributed by atoms with Crippen LogP contribution in [0.15, 0.2) is 0 Å². The number of aliphatic hydroxyl groups is 1. The predicted molar refractivity (Wildman–Crippen MR) is 118 cm³/mol. The smallest absolute Gasteiger partial charge is 0.369 e. The molecule has 1 fully saturated rings. The first-order valence-electron chi connectivity index (χ1n) is 11.1. The number of amides is 1. The molecule has 0 spiro atoms. The van der Waals surface area contributed by atoms with E-state index in [-0.39, 0.29) is 0 Å². The number of carbonyl (C=O) groups is 6. The van der Waals surface area contributed by atoms with Crippen LogP contribution in [0.3, 0.4) is 0 Å². The molecule has 212 valence electrons. The largest absolute Gasteiger partial charge is 0.465 e. The minimum atomic E-state index is -3.12. The Labute approximate surface area is 217 Å². The van der Waals surface area contributed by atoms with Crippen LogP contribution in [0.4, 0.5) is 0 Å². The normalized spacial score (nSPS) is 25.9. The van der Waals surface area contributed by atoms with E-state index in [1.54, 1.807) is 6.07 Å². The summed E-state index contributed by atoms with van der Waals surface area (Å²) in [5.74, 6) is -9.01. The lowest BCUT2D eigenvalue weighted by Gasteiger charge is -2.50. The number of hydrogen-bond donors (Lipinski definition) is 2. The third-order valence-corrected chi connectivity index (χ3v) is 4.95. The molecule has 2 N–H and O–H groups in total. The summed E-state index contributed by atoms with van der Waals surface area (Å²) in [5.41, 5.74) is 0. The summed E-state index contributed by atoms with van der Waals surface area (Å²) in [4.78, 5) is 72.2. The van der Waals surface area contributed by atoms with Crippen LogP contribution < -0.4 is 5.32 Å². The van der Waals surface area contributed by atoms with Crippen LogP contribution in [-0.2, 0) is 61.9 Å². The molecule has 0 unspecified atom stereocenters. The fourth-order valence-corrected chi connectivity index (χ4v) is 3.74. The molecule has 0 aromatic heterocycles. The van der Waals surface area contributed by atoms with Crippen LogP contribution in [0.5, 0.6) is 0 Å². The Morgan fingerprint density at radius 2 is 1.61 bits per heavy atom. The van der Waals surface area contributed by atoms with E-state index in [1.165, 1.54) is 0 Å². The second-order valence-electron chi connectivity index (χ2n) is 7.99. The number of nitrogens with one attached hydrogen (secondary N) is 1. The zero-order valence-electron chi connectivity index (χ0n) is 21.6. The minimum Gasteiger partial charge on any atom is -0.465 e. The van der Waals surface area contributed by atoms with Gasteiger partial charge < -0.3 is 43.6 Å². The summed E-state index contributed by atoms with van der Waals surface area (Å²) >= 11 is 0. The third kappa shape index (κ3) is 8.64. The Morgan fingerprint density at radius 3 is 2.05 bits per heavy atom. The van der Waals surface area contributed by atoms with Crippen LogP contribution in [0.1, 0.15) is 34.6 Å². The van der Waals surface area contributed by atoms with Gasteiger partial charge in [0.1, 0.15) is 19.3 Å². The number of rotatable bonds is 11. The van der Waals surface area contributed by atoms with E-state index in [4.69, 9.17) is 33.7 Å². The van der Waals surface area contributed by atoms with Crippen LogP contribution in [0.25, 0.3) is 0 Å². The van der Waals surface area contributed by atoms with Gasteiger partial charge in [-0.3, -0.25) is 24.0 Å². The van der Waals surface area contributed by atoms with Crippen molar-refractivity contribution in [3.8, 4) is 6.07 Å². The monoisotopic (exact) mass is 546 g/mol. The molecule has 0 radical (unpaired) electrons. The number of nitrogens with zero attached hydrogens (tertiary/aromatic N) is 1. The molecule has 0 aromatic rings. The lowest BCUT2D eigenvalue weighted by molar-refractivity contribution is -0.340. The molecule has 1 saturated heterocycles. The van der Waals surface area contributed by atoms with Crippen molar-refractivity contribution in [1.82, 2.24) is 5.32 Å². The first-order valence-corrected chi connectivity index (χ1v) is 11.1. The van der Waals surface area contributed by atoms with Crippen LogP contribution in [0, 0.1) is 11.3 Å². The summed E-state index contributed by atoms with van der Waals surface area (Å²) in [5, 5.41) is 22.7. The molecular formula is C22H30N2O14. The summed E-state index contributed by atoms with van der Waals surface area (Å²) in [6.45, 7) is 3.62. The number of ether oxygens (including phenoxy) is 7. The Kier molecular flexibility index (Phi) is 12.1. The summed E-state index contributed by atoms with van der Waals surface area (Å²) in [6.07, 6.45) is -8.96. The van der Waals surface area contributed by atoms with E-state index in [0.717, 1.165) is 41.7 Å². The van der Waals surface area contributed by atoms with E-state index in [1.807, 2.05) is 0 Å².